The van der Waals surface area contributed by atoms with Gasteiger partial charge in [-0.05, 0) is 0 Å². The topological polar surface area (TPSA) is 176 Å². The van der Waals surface area contributed by atoms with Crippen LogP contribution in [0.25, 0.3) is 0 Å². The number of esters is 6. The largest absolute Gasteiger partial charge is 0.465 e. The van der Waals surface area contributed by atoms with Crippen molar-refractivity contribution in [1.82, 2.24) is 0 Å². The van der Waals surface area contributed by atoms with Crippen LogP contribution in [-0.2, 0) is 66.7 Å². The second-order valence-corrected chi connectivity index (χ2v) is 7.48. The van der Waals surface area contributed by atoms with Gasteiger partial charge in [0.2, 0.25) is 0 Å². The molecule has 1 saturated heterocycles. The lowest BCUT2D eigenvalue weighted by Crippen LogP contribution is -2.66. The van der Waals surface area contributed by atoms with Gasteiger partial charge in [-0.15, -0.1) is 0 Å². The Hall–Kier alpha value is -3.26. The summed E-state index contributed by atoms with van der Waals surface area (Å²) < 4.78 is 42.0. The van der Waals surface area contributed by atoms with Crippen molar-refractivity contribution in [2.24, 2.45) is 0 Å². The third-order valence-corrected chi connectivity index (χ3v) is 4.69. The van der Waals surface area contributed by atoms with Gasteiger partial charge in [0.05, 0.1) is 13.5 Å². The average molecular weight is 506 g/mol. The summed E-state index contributed by atoms with van der Waals surface area (Å²) in [4.78, 5) is 71.6. The molecule has 0 aromatic heterocycles. The Bertz CT molecular complexity index is 823. The van der Waals surface area contributed by atoms with E-state index < -0.39 is 85.2 Å². The molecular formula is C21H30O14. The molecule has 1 aliphatic heterocycles. The van der Waals surface area contributed by atoms with Crippen LogP contribution in [0.4, 0.5) is 0 Å². The van der Waals surface area contributed by atoms with Crippen LogP contribution in [0.2, 0.25) is 0 Å². The molecule has 0 amide bonds. The van der Waals surface area contributed by atoms with Crippen molar-refractivity contribution < 1.29 is 66.7 Å². The minimum atomic E-state index is -2.21. The van der Waals surface area contributed by atoms with Gasteiger partial charge in [0, 0.05) is 41.7 Å². The predicted molar refractivity (Wildman–Crippen MR) is 110 cm³/mol. The van der Waals surface area contributed by atoms with Crippen LogP contribution in [0.3, 0.4) is 0 Å². The van der Waals surface area contributed by atoms with Crippen molar-refractivity contribution in [3.05, 3.63) is 0 Å². The molecule has 1 rings (SSSR count). The van der Waals surface area contributed by atoms with E-state index in [2.05, 4.69) is 0 Å². The first-order valence-corrected chi connectivity index (χ1v) is 10.4. The van der Waals surface area contributed by atoms with Crippen LogP contribution in [0.5, 0.6) is 0 Å². The third kappa shape index (κ3) is 8.47. The van der Waals surface area contributed by atoms with Gasteiger partial charge < -0.3 is 37.9 Å². The molecule has 0 aromatic carbocycles. The van der Waals surface area contributed by atoms with E-state index in [1.165, 1.54) is 0 Å². The molecule has 14 nitrogen and oxygen atoms in total. The lowest BCUT2D eigenvalue weighted by atomic mass is 9.90. The highest BCUT2D eigenvalue weighted by Gasteiger charge is 2.59. The molecule has 0 saturated carbocycles. The van der Waals surface area contributed by atoms with Gasteiger partial charge in [-0.25, -0.2) is 4.79 Å². The highest BCUT2D eigenvalue weighted by atomic mass is 16.7. The van der Waals surface area contributed by atoms with Gasteiger partial charge in [0.1, 0.15) is 18.8 Å². The number of methoxy groups -OCH3 is 2. The minimum absolute atomic E-state index is 0.473. The summed E-state index contributed by atoms with van der Waals surface area (Å²) in [5, 5.41) is 0. The maximum Gasteiger partial charge on any atom is 0.366 e. The smallest absolute Gasteiger partial charge is 0.366 e. The number of ether oxygens (including phenoxy) is 8. The molecule has 0 radical (unpaired) electrons. The summed E-state index contributed by atoms with van der Waals surface area (Å²) in [6, 6.07) is 0. The molecule has 0 aliphatic carbocycles. The van der Waals surface area contributed by atoms with Crippen molar-refractivity contribution in [2.45, 2.75) is 77.3 Å². The Labute approximate surface area is 201 Å². The van der Waals surface area contributed by atoms with E-state index in [0.29, 0.717) is 0 Å². The normalized spacial score (nSPS) is 25.3. The summed E-state index contributed by atoms with van der Waals surface area (Å²) in [5.74, 6) is -7.39. The first kappa shape index (κ1) is 29.8. The van der Waals surface area contributed by atoms with Gasteiger partial charge in [0.25, 0.3) is 5.79 Å². The lowest BCUT2D eigenvalue weighted by molar-refractivity contribution is -0.324. The molecule has 198 valence electrons. The molecule has 0 aromatic rings. The van der Waals surface area contributed by atoms with E-state index in [4.69, 9.17) is 37.9 Å². The molecule has 0 bridgehead atoms. The summed E-state index contributed by atoms with van der Waals surface area (Å²) >= 11 is 0. The monoisotopic (exact) mass is 506 g/mol. The Kier molecular flexibility index (Phi) is 11.1. The van der Waals surface area contributed by atoms with Crippen molar-refractivity contribution in [2.75, 3.05) is 20.8 Å². The highest BCUT2D eigenvalue weighted by molar-refractivity contribution is 5.78. The molecule has 1 fully saturated rings. The van der Waals surface area contributed by atoms with Crippen LogP contribution < -0.4 is 0 Å². The zero-order chi connectivity index (χ0) is 26.9. The minimum Gasteiger partial charge on any atom is -0.465 e. The Morgan fingerprint density at radius 2 is 1.40 bits per heavy atom. The predicted octanol–water partition coefficient (Wildman–Crippen LogP) is -0.419. The van der Waals surface area contributed by atoms with Crippen LogP contribution in [0.15, 0.2) is 0 Å². The second-order valence-electron chi connectivity index (χ2n) is 7.48. The van der Waals surface area contributed by atoms with Crippen molar-refractivity contribution in [1.29, 1.82) is 0 Å². The Balaban J connectivity index is 3.72. The maximum atomic E-state index is 12.7. The maximum absolute atomic E-state index is 12.7. The van der Waals surface area contributed by atoms with E-state index in [0.717, 1.165) is 48.8 Å². The molecule has 35 heavy (non-hydrogen) atoms. The molecule has 0 N–H and O–H groups in total. The van der Waals surface area contributed by atoms with Crippen LogP contribution in [0.1, 0.15) is 41.0 Å². The van der Waals surface area contributed by atoms with Crippen molar-refractivity contribution >= 4 is 35.8 Å². The molecule has 14 heteroatoms. The molecule has 1 aliphatic rings. The Morgan fingerprint density at radius 3 is 1.83 bits per heavy atom. The summed E-state index contributed by atoms with van der Waals surface area (Å²) in [5.41, 5.74) is 0. The van der Waals surface area contributed by atoms with Gasteiger partial charge in [-0.3, -0.25) is 24.0 Å². The standard InChI is InChI=1S/C21H30O14/c1-10(22)30-9-16(32-12(3)24)18(34-14(5)26)19-17(33-13(4)25)15(31-11(2)23)8-21(29-7,35-19)20(27)28-6/h15-19H,8-9H2,1-7H3/t15-,16+,17+,18+,19+,21-/m0/s1. The van der Waals surface area contributed by atoms with Crippen molar-refractivity contribution in [3.63, 3.8) is 0 Å². The number of hydrogen-bond donors (Lipinski definition) is 0. The fourth-order valence-corrected chi connectivity index (χ4v) is 3.49. The summed E-state index contributed by atoms with van der Waals surface area (Å²) in [6.45, 7) is 4.70. The summed E-state index contributed by atoms with van der Waals surface area (Å²) in [6.07, 6.45) is -8.09. The molecular weight excluding hydrogens is 476 g/mol. The third-order valence-electron chi connectivity index (χ3n) is 4.69. The van der Waals surface area contributed by atoms with Crippen LogP contribution >= 0.6 is 0 Å². The molecule has 0 spiro atoms. The van der Waals surface area contributed by atoms with Gasteiger partial charge >= 0.3 is 35.8 Å². The SMILES string of the molecule is COC(=O)[C@]1(OC)C[C@H](OC(C)=O)[C@@H](OC(C)=O)[C@H]([C@H](OC(C)=O)[C@@H](COC(C)=O)OC(C)=O)O1. The quantitative estimate of drug-likeness (QED) is 0.276. The summed E-state index contributed by atoms with van der Waals surface area (Å²) in [7, 11) is 2.15. The van der Waals surface area contributed by atoms with Crippen molar-refractivity contribution in [3.8, 4) is 0 Å². The zero-order valence-corrected chi connectivity index (χ0v) is 20.5. The Morgan fingerprint density at radius 1 is 0.829 bits per heavy atom. The second kappa shape index (κ2) is 13.0. The number of hydrogen-bond acceptors (Lipinski definition) is 14. The molecule has 6 atom stereocenters. The first-order chi connectivity index (χ1) is 16.3. The van der Waals surface area contributed by atoms with Crippen LogP contribution in [0, 0.1) is 0 Å². The fraction of sp³-hybridized carbons (Fsp3) is 0.714. The highest BCUT2D eigenvalue weighted by Crippen LogP contribution is 2.37. The zero-order valence-electron chi connectivity index (χ0n) is 20.5. The van der Waals surface area contributed by atoms with E-state index in [-0.39, 0.29) is 0 Å². The molecule has 1 heterocycles. The van der Waals surface area contributed by atoms with Crippen LogP contribution in [-0.4, -0.2) is 92.9 Å². The number of carbonyl (C=O) groups is 6. The van der Waals surface area contributed by atoms with Gasteiger partial charge in [0.15, 0.2) is 18.3 Å². The first-order valence-electron chi connectivity index (χ1n) is 10.4. The van der Waals surface area contributed by atoms with Gasteiger partial charge in [-0.2, -0.15) is 0 Å². The van der Waals surface area contributed by atoms with E-state index in [1.54, 1.807) is 0 Å². The average Bonchev–Trinajstić information content (AvgIpc) is 2.74. The van der Waals surface area contributed by atoms with E-state index in [9.17, 15) is 28.8 Å². The van der Waals surface area contributed by atoms with Gasteiger partial charge in [-0.1, -0.05) is 0 Å². The molecule has 0 unspecified atom stereocenters. The number of rotatable bonds is 10. The van der Waals surface area contributed by atoms with E-state index >= 15 is 0 Å². The van der Waals surface area contributed by atoms with E-state index in [1.807, 2.05) is 0 Å². The number of carbonyl (C=O) groups excluding carboxylic acids is 6. The lowest BCUT2D eigenvalue weighted by Gasteiger charge is -2.47. The fourth-order valence-electron chi connectivity index (χ4n) is 3.49.